The van der Waals surface area contributed by atoms with Gasteiger partial charge in [-0.1, -0.05) is 24.3 Å². The summed E-state index contributed by atoms with van der Waals surface area (Å²) in [4.78, 5) is 0. The van der Waals surface area contributed by atoms with Crippen molar-refractivity contribution in [2.45, 2.75) is 19.1 Å². The summed E-state index contributed by atoms with van der Waals surface area (Å²) in [5, 5.41) is 18.9. The summed E-state index contributed by atoms with van der Waals surface area (Å²) in [6, 6.07) is 7.22. The van der Waals surface area contributed by atoms with Crippen molar-refractivity contribution in [2.24, 2.45) is 5.73 Å². The number of rotatable bonds is 3. The van der Waals surface area contributed by atoms with Crippen molar-refractivity contribution in [3.8, 4) is 0 Å². The van der Waals surface area contributed by atoms with E-state index >= 15 is 0 Å². The minimum atomic E-state index is -0.689. The Morgan fingerprint density at radius 2 is 1.77 bits per heavy atom. The fourth-order valence-electron chi connectivity index (χ4n) is 1.32. The molecule has 0 bridgehead atoms. The fourth-order valence-corrected chi connectivity index (χ4v) is 1.32. The lowest BCUT2D eigenvalue weighted by molar-refractivity contribution is 0.168. The van der Waals surface area contributed by atoms with Crippen molar-refractivity contribution >= 4 is 0 Å². The Kier molecular flexibility index (Phi) is 3.42. The first-order valence-electron chi connectivity index (χ1n) is 4.31. The zero-order chi connectivity index (χ0) is 9.84. The number of hydrogen-bond donors (Lipinski definition) is 3. The molecule has 1 aromatic carbocycles. The highest BCUT2D eigenvalue weighted by Gasteiger charge is 2.12. The summed E-state index contributed by atoms with van der Waals surface area (Å²) in [6.45, 7) is 1.84. The van der Waals surface area contributed by atoms with Gasteiger partial charge >= 0.3 is 0 Å². The molecule has 13 heavy (non-hydrogen) atoms. The van der Waals surface area contributed by atoms with Gasteiger partial charge in [0.2, 0.25) is 0 Å². The topological polar surface area (TPSA) is 66.5 Å². The lowest BCUT2D eigenvalue weighted by atomic mass is 9.99. The highest BCUT2D eigenvalue weighted by molar-refractivity contribution is 5.30. The van der Waals surface area contributed by atoms with Gasteiger partial charge in [0, 0.05) is 6.54 Å². The predicted molar refractivity (Wildman–Crippen MR) is 51.1 cm³/mol. The van der Waals surface area contributed by atoms with Crippen molar-refractivity contribution in [3.05, 3.63) is 35.4 Å². The number of aliphatic hydroxyl groups is 2. The minimum absolute atomic E-state index is 0.170. The number of benzene rings is 1. The van der Waals surface area contributed by atoms with Gasteiger partial charge in [-0.15, -0.1) is 0 Å². The van der Waals surface area contributed by atoms with Gasteiger partial charge in [-0.2, -0.15) is 0 Å². The molecule has 1 rings (SSSR count). The van der Waals surface area contributed by atoms with E-state index in [1.165, 1.54) is 0 Å². The van der Waals surface area contributed by atoms with E-state index < -0.39 is 12.2 Å². The van der Waals surface area contributed by atoms with Gasteiger partial charge in [0.15, 0.2) is 0 Å². The smallest absolute Gasteiger partial charge is 0.0915 e. The van der Waals surface area contributed by atoms with E-state index in [-0.39, 0.29) is 6.54 Å². The van der Waals surface area contributed by atoms with Crippen LogP contribution < -0.4 is 5.73 Å². The average molecular weight is 181 g/mol. The molecule has 0 aliphatic heterocycles. The molecule has 0 spiro atoms. The zero-order valence-electron chi connectivity index (χ0n) is 7.64. The molecule has 0 heterocycles. The second-order valence-corrected chi connectivity index (χ2v) is 3.06. The molecular weight excluding hydrogens is 166 g/mol. The highest BCUT2D eigenvalue weighted by atomic mass is 16.3. The Hall–Kier alpha value is -0.900. The summed E-state index contributed by atoms with van der Waals surface area (Å²) >= 11 is 0. The number of aliphatic hydroxyl groups excluding tert-OH is 2. The molecule has 0 aromatic heterocycles. The first-order chi connectivity index (χ1) is 6.16. The highest BCUT2D eigenvalue weighted by Crippen LogP contribution is 2.22. The largest absolute Gasteiger partial charge is 0.389 e. The van der Waals surface area contributed by atoms with Crippen molar-refractivity contribution in [1.82, 2.24) is 0 Å². The molecule has 2 atom stereocenters. The summed E-state index contributed by atoms with van der Waals surface area (Å²) in [6.07, 6.45) is -1.26. The van der Waals surface area contributed by atoms with Gasteiger partial charge in [0.25, 0.3) is 0 Å². The number of nitrogens with two attached hydrogens (primary N) is 1. The molecule has 0 saturated carbocycles. The third-order valence-electron chi connectivity index (χ3n) is 2.03. The van der Waals surface area contributed by atoms with Gasteiger partial charge in [-0.25, -0.2) is 0 Å². The summed E-state index contributed by atoms with van der Waals surface area (Å²) < 4.78 is 0. The molecule has 3 heteroatoms. The average Bonchev–Trinajstić information content (AvgIpc) is 2.16. The maximum Gasteiger partial charge on any atom is 0.0915 e. The van der Waals surface area contributed by atoms with Gasteiger partial charge < -0.3 is 15.9 Å². The molecule has 0 saturated heterocycles. The van der Waals surface area contributed by atoms with Crippen LogP contribution in [0.1, 0.15) is 30.3 Å². The van der Waals surface area contributed by atoms with Gasteiger partial charge in [-0.05, 0) is 18.1 Å². The van der Waals surface area contributed by atoms with Crippen LogP contribution >= 0.6 is 0 Å². The molecule has 4 N–H and O–H groups in total. The van der Waals surface area contributed by atoms with E-state index in [4.69, 9.17) is 5.73 Å². The lowest BCUT2D eigenvalue weighted by Gasteiger charge is -2.15. The van der Waals surface area contributed by atoms with E-state index in [0.29, 0.717) is 5.56 Å². The Morgan fingerprint density at radius 3 is 2.23 bits per heavy atom. The van der Waals surface area contributed by atoms with Crippen LogP contribution in [-0.4, -0.2) is 16.8 Å². The Labute approximate surface area is 77.8 Å². The maximum absolute atomic E-state index is 9.52. The second kappa shape index (κ2) is 4.37. The molecule has 0 aliphatic carbocycles. The molecule has 0 aliphatic rings. The van der Waals surface area contributed by atoms with E-state index in [9.17, 15) is 10.2 Å². The first kappa shape index (κ1) is 10.2. The van der Waals surface area contributed by atoms with Crippen LogP contribution in [0.25, 0.3) is 0 Å². The van der Waals surface area contributed by atoms with Crippen LogP contribution in [-0.2, 0) is 0 Å². The normalized spacial score (nSPS) is 15.4. The van der Waals surface area contributed by atoms with Crippen LogP contribution in [0.15, 0.2) is 24.3 Å². The summed E-state index contributed by atoms with van der Waals surface area (Å²) in [7, 11) is 0. The third kappa shape index (κ3) is 2.28. The molecule has 3 nitrogen and oxygen atoms in total. The molecule has 72 valence electrons. The van der Waals surface area contributed by atoms with Crippen LogP contribution in [0.4, 0.5) is 0 Å². The van der Waals surface area contributed by atoms with Crippen molar-refractivity contribution in [2.75, 3.05) is 6.54 Å². The van der Waals surface area contributed by atoms with Gasteiger partial charge in [-0.3, -0.25) is 0 Å². The quantitative estimate of drug-likeness (QED) is 0.644. The van der Waals surface area contributed by atoms with E-state index in [2.05, 4.69) is 0 Å². The van der Waals surface area contributed by atoms with E-state index in [1.54, 1.807) is 19.1 Å². The van der Waals surface area contributed by atoms with Crippen LogP contribution in [0.5, 0.6) is 0 Å². The van der Waals surface area contributed by atoms with Crippen LogP contribution in [0, 0.1) is 0 Å². The predicted octanol–water partition coefficient (Wildman–Crippen LogP) is 0.732. The van der Waals surface area contributed by atoms with E-state index in [1.807, 2.05) is 12.1 Å². The molecule has 1 aromatic rings. The van der Waals surface area contributed by atoms with Crippen LogP contribution in [0.2, 0.25) is 0 Å². The zero-order valence-corrected chi connectivity index (χ0v) is 7.64. The second-order valence-electron chi connectivity index (χ2n) is 3.06. The molecular formula is C10H15NO2. The lowest BCUT2D eigenvalue weighted by Crippen LogP contribution is -2.14. The first-order valence-corrected chi connectivity index (χ1v) is 4.31. The third-order valence-corrected chi connectivity index (χ3v) is 2.03. The SMILES string of the molecule is CC(O)c1ccccc1C(O)CN. The van der Waals surface area contributed by atoms with Crippen molar-refractivity contribution in [1.29, 1.82) is 0 Å². The number of hydrogen-bond acceptors (Lipinski definition) is 3. The summed E-state index contributed by atoms with van der Waals surface area (Å²) in [5.74, 6) is 0. The molecule has 0 amide bonds. The van der Waals surface area contributed by atoms with Gasteiger partial charge in [0.05, 0.1) is 12.2 Å². The van der Waals surface area contributed by atoms with Gasteiger partial charge in [0.1, 0.15) is 0 Å². The van der Waals surface area contributed by atoms with Crippen LogP contribution in [0.3, 0.4) is 0 Å². The molecule has 0 fully saturated rings. The van der Waals surface area contributed by atoms with Crippen molar-refractivity contribution < 1.29 is 10.2 Å². The standard InChI is InChI=1S/C10H15NO2/c1-7(12)8-4-2-3-5-9(8)10(13)6-11/h2-5,7,10,12-13H,6,11H2,1H3. The molecule has 2 unspecified atom stereocenters. The maximum atomic E-state index is 9.52. The summed E-state index contributed by atoms with van der Waals surface area (Å²) in [5.41, 5.74) is 6.79. The minimum Gasteiger partial charge on any atom is -0.389 e. The Morgan fingerprint density at radius 1 is 1.23 bits per heavy atom. The Balaban J connectivity index is 3.04. The molecule has 0 radical (unpaired) electrons. The Bertz CT molecular complexity index is 273. The fraction of sp³-hybridized carbons (Fsp3) is 0.400. The van der Waals surface area contributed by atoms with E-state index in [0.717, 1.165) is 5.56 Å². The monoisotopic (exact) mass is 181 g/mol. The van der Waals surface area contributed by atoms with Crippen molar-refractivity contribution in [3.63, 3.8) is 0 Å².